The van der Waals surface area contributed by atoms with Crippen LogP contribution in [-0.2, 0) is 0 Å². The Balaban J connectivity index is 2.30. The maximum atomic E-state index is 6.22. The molecular weight excluding hydrogens is 254 g/mol. The molecule has 0 spiro atoms. The first-order valence-electron chi connectivity index (χ1n) is 5.26. The molecular formula is C13H14ClNOS. The van der Waals surface area contributed by atoms with Crippen LogP contribution in [0.4, 0.5) is 0 Å². The summed E-state index contributed by atoms with van der Waals surface area (Å²) in [4.78, 5) is 1.01. The minimum atomic E-state index is -0.174. The maximum Gasteiger partial charge on any atom is 0.118 e. The number of benzene rings is 1. The van der Waals surface area contributed by atoms with E-state index in [4.69, 9.17) is 22.1 Å². The van der Waals surface area contributed by atoms with E-state index in [0.29, 0.717) is 0 Å². The summed E-state index contributed by atoms with van der Waals surface area (Å²) in [5, 5.41) is 2.81. The Labute approximate surface area is 110 Å². The van der Waals surface area contributed by atoms with Crippen LogP contribution in [-0.4, -0.2) is 7.11 Å². The molecule has 1 unspecified atom stereocenters. The van der Waals surface area contributed by atoms with Gasteiger partial charge in [0.15, 0.2) is 0 Å². The molecule has 0 fully saturated rings. The molecule has 1 aromatic carbocycles. The third-order valence-corrected chi connectivity index (χ3v) is 4.48. The molecule has 1 atom stereocenters. The van der Waals surface area contributed by atoms with Crippen LogP contribution in [0.3, 0.4) is 0 Å². The third-order valence-electron chi connectivity index (χ3n) is 2.68. The second-order valence-corrected chi connectivity index (χ2v) is 5.14. The number of thiophene rings is 1. The van der Waals surface area contributed by atoms with E-state index in [-0.39, 0.29) is 6.04 Å². The van der Waals surface area contributed by atoms with Crippen molar-refractivity contribution in [2.45, 2.75) is 13.0 Å². The number of halogens is 1. The van der Waals surface area contributed by atoms with Gasteiger partial charge in [-0.15, -0.1) is 11.3 Å². The Hall–Kier alpha value is -1.03. The molecule has 0 aliphatic heterocycles. The van der Waals surface area contributed by atoms with Crippen LogP contribution in [0.15, 0.2) is 29.6 Å². The van der Waals surface area contributed by atoms with Crippen LogP contribution >= 0.6 is 22.9 Å². The second-order valence-electron chi connectivity index (χ2n) is 3.85. The van der Waals surface area contributed by atoms with Crippen molar-refractivity contribution in [3.05, 3.63) is 50.7 Å². The third kappa shape index (κ3) is 2.46. The van der Waals surface area contributed by atoms with Gasteiger partial charge in [-0.2, -0.15) is 0 Å². The summed E-state index contributed by atoms with van der Waals surface area (Å²) in [6.45, 7) is 1.99. The van der Waals surface area contributed by atoms with Gasteiger partial charge < -0.3 is 10.5 Å². The topological polar surface area (TPSA) is 35.2 Å². The van der Waals surface area contributed by atoms with Gasteiger partial charge in [-0.25, -0.2) is 0 Å². The number of aryl methyl sites for hydroxylation is 1. The summed E-state index contributed by atoms with van der Waals surface area (Å²) in [5.41, 5.74) is 8.32. The number of nitrogens with two attached hydrogens (primary N) is 1. The molecule has 0 saturated carbocycles. The van der Waals surface area contributed by atoms with Crippen molar-refractivity contribution in [2.24, 2.45) is 5.73 Å². The van der Waals surface area contributed by atoms with Crippen molar-refractivity contribution < 1.29 is 4.74 Å². The van der Waals surface area contributed by atoms with E-state index in [2.05, 4.69) is 0 Å². The van der Waals surface area contributed by atoms with E-state index in [0.717, 1.165) is 26.8 Å². The summed E-state index contributed by atoms with van der Waals surface area (Å²) in [6, 6.07) is 7.57. The van der Waals surface area contributed by atoms with Crippen LogP contribution in [0.25, 0.3) is 0 Å². The number of hydrogen-bond donors (Lipinski definition) is 1. The summed E-state index contributed by atoms with van der Waals surface area (Å²) in [7, 11) is 1.65. The van der Waals surface area contributed by atoms with E-state index in [9.17, 15) is 0 Å². The summed E-state index contributed by atoms with van der Waals surface area (Å²) >= 11 is 7.82. The highest BCUT2D eigenvalue weighted by Gasteiger charge is 2.15. The smallest absolute Gasteiger partial charge is 0.118 e. The Morgan fingerprint density at radius 3 is 2.41 bits per heavy atom. The van der Waals surface area contributed by atoms with Gasteiger partial charge >= 0.3 is 0 Å². The monoisotopic (exact) mass is 267 g/mol. The lowest BCUT2D eigenvalue weighted by atomic mass is 10.1. The molecule has 2 rings (SSSR count). The lowest BCUT2D eigenvalue weighted by Gasteiger charge is -2.11. The molecule has 0 aliphatic carbocycles. The first kappa shape index (κ1) is 12.4. The van der Waals surface area contributed by atoms with Crippen LogP contribution in [0.1, 0.15) is 22.0 Å². The van der Waals surface area contributed by atoms with Gasteiger partial charge in [0, 0.05) is 4.88 Å². The molecule has 0 saturated heterocycles. The fraction of sp³-hybridized carbons (Fsp3) is 0.231. The molecule has 0 bridgehead atoms. The zero-order valence-corrected chi connectivity index (χ0v) is 11.3. The number of methoxy groups -OCH3 is 1. The maximum absolute atomic E-state index is 6.22. The average molecular weight is 268 g/mol. The van der Waals surface area contributed by atoms with E-state index in [1.54, 1.807) is 18.4 Å². The van der Waals surface area contributed by atoms with Crippen LogP contribution in [0.5, 0.6) is 5.75 Å². The quantitative estimate of drug-likeness (QED) is 0.919. The zero-order chi connectivity index (χ0) is 12.4. The molecule has 0 amide bonds. The van der Waals surface area contributed by atoms with Gasteiger partial charge in [-0.05, 0) is 35.6 Å². The van der Waals surface area contributed by atoms with Crippen molar-refractivity contribution in [1.29, 1.82) is 0 Å². The molecule has 17 heavy (non-hydrogen) atoms. The SMILES string of the molecule is COc1ccc(C(N)c2scc(C)c2Cl)cc1. The van der Waals surface area contributed by atoms with Crippen LogP contribution < -0.4 is 10.5 Å². The highest BCUT2D eigenvalue weighted by atomic mass is 35.5. The molecule has 0 radical (unpaired) electrons. The summed E-state index contributed by atoms with van der Waals surface area (Å²) < 4.78 is 5.12. The first-order valence-corrected chi connectivity index (χ1v) is 6.52. The molecule has 90 valence electrons. The molecule has 4 heteroatoms. The highest BCUT2D eigenvalue weighted by molar-refractivity contribution is 7.10. The molecule has 2 aromatic rings. The fourth-order valence-corrected chi connectivity index (χ4v) is 2.96. The highest BCUT2D eigenvalue weighted by Crippen LogP contribution is 2.34. The standard InChI is InChI=1S/C13H14ClNOS/c1-8-7-17-13(11(8)14)12(15)9-3-5-10(16-2)6-4-9/h3-7,12H,15H2,1-2H3. The number of hydrogen-bond acceptors (Lipinski definition) is 3. The second kappa shape index (κ2) is 5.08. The largest absolute Gasteiger partial charge is 0.497 e. The normalized spacial score (nSPS) is 12.5. The fourth-order valence-electron chi connectivity index (χ4n) is 1.62. The van der Waals surface area contributed by atoms with Crippen LogP contribution in [0, 0.1) is 6.92 Å². The molecule has 1 heterocycles. The molecule has 0 aliphatic rings. The van der Waals surface area contributed by atoms with Gasteiger partial charge in [0.05, 0.1) is 18.2 Å². The average Bonchev–Trinajstić information content (AvgIpc) is 2.69. The van der Waals surface area contributed by atoms with Gasteiger partial charge in [0.1, 0.15) is 5.75 Å². The predicted octanol–water partition coefficient (Wildman–Crippen LogP) is 3.77. The van der Waals surface area contributed by atoms with E-state index in [1.165, 1.54) is 0 Å². The summed E-state index contributed by atoms with van der Waals surface area (Å²) in [6.07, 6.45) is 0. The van der Waals surface area contributed by atoms with Crippen molar-refractivity contribution in [2.75, 3.05) is 7.11 Å². The Morgan fingerprint density at radius 1 is 1.29 bits per heavy atom. The van der Waals surface area contributed by atoms with E-state index < -0.39 is 0 Å². The molecule has 2 N–H and O–H groups in total. The van der Waals surface area contributed by atoms with E-state index in [1.807, 2.05) is 36.6 Å². The van der Waals surface area contributed by atoms with Gasteiger partial charge in [0.25, 0.3) is 0 Å². The molecule has 1 aromatic heterocycles. The Bertz CT molecular complexity index is 507. The van der Waals surface area contributed by atoms with Gasteiger partial charge in [0.2, 0.25) is 0 Å². The first-order chi connectivity index (χ1) is 8.13. The van der Waals surface area contributed by atoms with Crippen molar-refractivity contribution >= 4 is 22.9 Å². The number of ether oxygens (including phenoxy) is 1. The zero-order valence-electron chi connectivity index (χ0n) is 9.74. The minimum absolute atomic E-state index is 0.174. The number of rotatable bonds is 3. The van der Waals surface area contributed by atoms with Crippen molar-refractivity contribution in [1.82, 2.24) is 0 Å². The van der Waals surface area contributed by atoms with Gasteiger partial charge in [-0.3, -0.25) is 0 Å². The van der Waals surface area contributed by atoms with Crippen molar-refractivity contribution in [3.8, 4) is 5.75 Å². The molecule has 2 nitrogen and oxygen atoms in total. The summed E-state index contributed by atoms with van der Waals surface area (Å²) in [5.74, 6) is 0.828. The Morgan fingerprint density at radius 2 is 1.94 bits per heavy atom. The lowest BCUT2D eigenvalue weighted by Crippen LogP contribution is -2.10. The van der Waals surface area contributed by atoms with Gasteiger partial charge in [-0.1, -0.05) is 23.7 Å². The Kier molecular flexibility index (Phi) is 3.72. The predicted molar refractivity (Wildman–Crippen MR) is 73.1 cm³/mol. The van der Waals surface area contributed by atoms with Crippen molar-refractivity contribution in [3.63, 3.8) is 0 Å². The minimum Gasteiger partial charge on any atom is -0.497 e. The van der Waals surface area contributed by atoms with Crippen LogP contribution in [0.2, 0.25) is 5.02 Å². The lowest BCUT2D eigenvalue weighted by molar-refractivity contribution is 0.414. The van der Waals surface area contributed by atoms with E-state index >= 15 is 0 Å².